The first-order chi connectivity index (χ1) is 11.3. The zero-order valence-electron chi connectivity index (χ0n) is 16.0. The van der Waals surface area contributed by atoms with E-state index in [1.807, 2.05) is 0 Å². The lowest BCUT2D eigenvalue weighted by atomic mass is 9.63. The molecular weight excluding hydrogens is 278 g/mol. The summed E-state index contributed by atoms with van der Waals surface area (Å²) in [5.74, 6) is 1.67. The van der Waals surface area contributed by atoms with Crippen LogP contribution in [0.2, 0.25) is 0 Å². The zero-order chi connectivity index (χ0) is 16.4. The highest BCUT2D eigenvalue weighted by molar-refractivity contribution is 4.98. The van der Waals surface area contributed by atoms with Gasteiger partial charge in [-0.1, -0.05) is 90.4 Å². The van der Waals surface area contributed by atoms with Crippen molar-refractivity contribution in [3.63, 3.8) is 0 Å². The van der Waals surface area contributed by atoms with Crippen molar-refractivity contribution in [2.24, 2.45) is 17.6 Å². The zero-order valence-corrected chi connectivity index (χ0v) is 16.0. The summed E-state index contributed by atoms with van der Waals surface area (Å²) >= 11 is 0. The average molecular weight is 322 g/mol. The third-order valence-corrected chi connectivity index (χ3v) is 6.94. The van der Waals surface area contributed by atoms with Crippen LogP contribution in [0, 0.1) is 11.8 Å². The molecule has 2 rings (SSSR count). The average Bonchev–Trinajstić information content (AvgIpc) is 2.62. The van der Waals surface area contributed by atoms with Crippen molar-refractivity contribution < 1.29 is 0 Å². The highest BCUT2D eigenvalue weighted by Gasteiger charge is 2.41. The van der Waals surface area contributed by atoms with Gasteiger partial charge in [0.2, 0.25) is 0 Å². The van der Waals surface area contributed by atoms with Crippen molar-refractivity contribution in [3.8, 4) is 0 Å². The van der Waals surface area contributed by atoms with Crippen LogP contribution >= 0.6 is 0 Å². The fourth-order valence-corrected chi connectivity index (χ4v) is 5.41. The van der Waals surface area contributed by atoms with Gasteiger partial charge >= 0.3 is 0 Å². The molecule has 136 valence electrons. The second-order valence-corrected chi connectivity index (χ2v) is 8.65. The van der Waals surface area contributed by atoms with Gasteiger partial charge in [-0.25, -0.2) is 0 Å². The fraction of sp³-hybridized carbons (Fsp3) is 1.00. The van der Waals surface area contributed by atoms with Gasteiger partial charge in [0.1, 0.15) is 0 Å². The molecule has 1 heteroatoms. The molecule has 2 N–H and O–H groups in total. The molecule has 0 radical (unpaired) electrons. The van der Waals surface area contributed by atoms with E-state index < -0.39 is 0 Å². The van der Waals surface area contributed by atoms with E-state index in [0.29, 0.717) is 0 Å². The molecule has 0 spiro atoms. The van der Waals surface area contributed by atoms with Crippen LogP contribution in [-0.2, 0) is 0 Å². The third kappa shape index (κ3) is 6.07. The maximum Gasteiger partial charge on any atom is 0.0211 e. The minimum absolute atomic E-state index is 0.185. The van der Waals surface area contributed by atoms with Crippen molar-refractivity contribution in [1.82, 2.24) is 0 Å². The SMILES string of the molecule is CCCCCCCCCC(N)(C1CCCCC1)C1CCCCC1. The molecule has 0 unspecified atom stereocenters. The Morgan fingerprint density at radius 1 is 0.652 bits per heavy atom. The van der Waals surface area contributed by atoms with Crippen molar-refractivity contribution in [2.75, 3.05) is 0 Å². The maximum absolute atomic E-state index is 7.21. The first kappa shape index (κ1) is 19.3. The number of hydrogen-bond acceptors (Lipinski definition) is 1. The van der Waals surface area contributed by atoms with Gasteiger partial charge in [-0.3, -0.25) is 0 Å². The summed E-state index contributed by atoms with van der Waals surface area (Å²) in [6.07, 6.45) is 25.6. The molecule has 2 saturated carbocycles. The van der Waals surface area contributed by atoms with Crippen molar-refractivity contribution in [2.45, 2.75) is 128 Å². The molecule has 0 aromatic rings. The van der Waals surface area contributed by atoms with Crippen LogP contribution in [0.3, 0.4) is 0 Å². The minimum atomic E-state index is 0.185. The van der Waals surface area contributed by atoms with E-state index in [-0.39, 0.29) is 5.54 Å². The summed E-state index contributed by atoms with van der Waals surface area (Å²) < 4.78 is 0. The van der Waals surface area contributed by atoms with Crippen LogP contribution in [0.15, 0.2) is 0 Å². The summed E-state index contributed by atoms with van der Waals surface area (Å²) in [4.78, 5) is 0. The second-order valence-electron chi connectivity index (χ2n) is 8.65. The van der Waals surface area contributed by atoms with Crippen LogP contribution in [-0.4, -0.2) is 5.54 Å². The lowest BCUT2D eigenvalue weighted by Crippen LogP contribution is -2.54. The largest absolute Gasteiger partial charge is 0.325 e. The standard InChI is InChI=1S/C22H43N/c1-2-3-4-5-6-7-14-19-22(23,20-15-10-8-11-16-20)21-17-12-9-13-18-21/h20-21H,2-19,23H2,1H3. The van der Waals surface area contributed by atoms with E-state index in [2.05, 4.69) is 6.92 Å². The highest BCUT2D eigenvalue weighted by Crippen LogP contribution is 2.44. The Morgan fingerprint density at radius 2 is 1.09 bits per heavy atom. The van der Waals surface area contributed by atoms with Crippen molar-refractivity contribution in [3.05, 3.63) is 0 Å². The predicted octanol–water partition coefficient (Wildman–Crippen LogP) is 6.99. The molecule has 2 aliphatic carbocycles. The molecule has 0 atom stereocenters. The predicted molar refractivity (Wildman–Crippen MR) is 103 cm³/mol. The van der Waals surface area contributed by atoms with Gasteiger partial charge < -0.3 is 5.73 Å². The van der Waals surface area contributed by atoms with Gasteiger partial charge in [-0.2, -0.15) is 0 Å². The Morgan fingerprint density at radius 3 is 1.57 bits per heavy atom. The Labute approximate surface area is 146 Å². The third-order valence-electron chi connectivity index (χ3n) is 6.94. The summed E-state index contributed by atoms with van der Waals surface area (Å²) in [6, 6.07) is 0. The van der Waals surface area contributed by atoms with Crippen LogP contribution in [0.5, 0.6) is 0 Å². The van der Waals surface area contributed by atoms with E-state index in [1.54, 1.807) is 0 Å². The summed E-state index contributed by atoms with van der Waals surface area (Å²) in [6.45, 7) is 2.30. The van der Waals surface area contributed by atoms with Gasteiger partial charge in [0.25, 0.3) is 0 Å². The first-order valence-electron chi connectivity index (χ1n) is 11.1. The number of nitrogens with two attached hydrogens (primary N) is 1. The highest BCUT2D eigenvalue weighted by atomic mass is 14.8. The maximum atomic E-state index is 7.21. The van der Waals surface area contributed by atoms with Gasteiger partial charge in [0.05, 0.1) is 0 Å². The van der Waals surface area contributed by atoms with Gasteiger partial charge in [0.15, 0.2) is 0 Å². The topological polar surface area (TPSA) is 26.0 Å². The molecule has 0 aromatic carbocycles. The molecule has 2 aliphatic rings. The molecule has 0 heterocycles. The summed E-state index contributed by atoms with van der Waals surface area (Å²) in [5, 5.41) is 0. The van der Waals surface area contributed by atoms with Crippen molar-refractivity contribution >= 4 is 0 Å². The van der Waals surface area contributed by atoms with Crippen molar-refractivity contribution in [1.29, 1.82) is 0 Å². The van der Waals surface area contributed by atoms with E-state index >= 15 is 0 Å². The normalized spacial score (nSPS) is 21.7. The monoisotopic (exact) mass is 321 g/mol. The van der Waals surface area contributed by atoms with Gasteiger partial charge in [-0.15, -0.1) is 0 Å². The molecule has 1 nitrogen and oxygen atoms in total. The number of hydrogen-bond donors (Lipinski definition) is 1. The Balaban J connectivity index is 1.80. The molecular formula is C22H43N. The Bertz CT molecular complexity index is 268. The second kappa shape index (κ2) is 10.7. The molecule has 23 heavy (non-hydrogen) atoms. The summed E-state index contributed by atoms with van der Waals surface area (Å²) in [7, 11) is 0. The molecule has 0 bridgehead atoms. The number of rotatable bonds is 10. The quantitative estimate of drug-likeness (QED) is 0.431. The molecule has 0 aliphatic heterocycles. The smallest absolute Gasteiger partial charge is 0.0211 e. The van der Waals surface area contributed by atoms with Crippen LogP contribution < -0.4 is 5.73 Å². The van der Waals surface area contributed by atoms with Crippen LogP contribution in [0.1, 0.15) is 122 Å². The van der Waals surface area contributed by atoms with Gasteiger partial charge in [0, 0.05) is 5.54 Å². The van der Waals surface area contributed by atoms with Gasteiger partial charge in [-0.05, 0) is 43.9 Å². The number of unbranched alkanes of at least 4 members (excludes halogenated alkanes) is 6. The Kier molecular flexibility index (Phi) is 9.01. The first-order valence-corrected chi connectivity index (χ1v) is 11.1. The van der Waals surface area contributed by atoms with E-state index in [1.165, 1.54) is 116 Å². The molecule has 0 saturated heterocycles. The minimum Gasteiger partial charge on any atom is -0.325 e. The van der Waals surface area contributed by atoms with Crippen LogP contribution in [0.4, 0.5) is 0 Å². The molecule has 0 amide bonds. The van der Waals surface area contributed by atoms with E-state index in [0.717, 1.165) is 11.8 Å². The lowest BCUT2D eigenvalue weighted by molar-refractivity contribution is 0.0939. The lowest BCUT2D eigenvalue weighted by Gasteiger charge is -2.47. The van der Waals surface area contributed by atoms with E-state index in [4.69, 9.17) is 5.73 Å². The fourth-order valence-electron chi connectivity index (χ4n) is 5.41. The molecule has 0 aromatic heterocycles. The van der Waals surface area contributed by atoms with Crippen LogP contribution in [0.25, 0.3) is 0 Å². The molecule has 2 fully saturated rings. The summed E-state index contributed by atoms with van der Waals surface area (Å²) in [5.41, 5.74) is 7.39. The van der Waals surface area contributed by atoms with E-state index in [9.17, 15) is 0 Å². The Hall–Kier alpha value is -0.0400.